The van der Waals surface area contributed by atoms with Crippen molar-refractivity contribution in [1.82, 2.24) is 0 Å². The minimum absolute atomic E-state index is 0.138. The zero-order valence-electron chi connectivity index (χ0n) is 9.27. The van der Waals surface area contributed by atoms with Crippen LogP contribution in [0.15, 0.2) is 30.3 Å². The first-order valence-corrected chi connectivity index (χ1v) is 5.62. The first-order valence-electron chi connectivity index (χ1n) is 5.62. The Morgan fingerprint density at radius 3 is 2.53 bits per heavy atom. The van der Waals surface area contributed by atoms with Crippen molar-refractivity contribution < 1.29 is 15.1 Å². The molecule has 0 heterocycles. The molecule has 0 bridgehead atoms. The summed E-state index contributed by atoms with van der Waals surface area (Å²) in [6.45, 7) is -0.138. The molecular weight excluding hydrogens is 222 g/mol. The minimum atomic E-state index is -1.02. The highest BCUT2D eigenvalue weighted by atomic mass is 16.6. The molecule has 0 saturated heterocycles. The van der Waals surface area contributed by atoms with E-state index in [9.17, 15) is 20.3 Å². The highest BCUT2D eigenvalue weighted by Crippen LogP contribution is 2.41. The molecule has 2 unspecified atom stereocenters. The van der Waals surface area contributed by atoms with Gasteiger partial charge in [-0.3, -0.25) is 10.1 Å². The summed E-state index contributed by atoms with van der Waals surface area (Å²) in [5, 5.41) is 30.0. The third-order valence-electron chi connectivity index (χ3n) is 3.48. The maximum absolute atomic E-state index is 11.0. The Balaban J connectivity index is 2.36. The van der Waals surface area contributed by atoms with Gasteiger partial charge < -0.3 is 10.2 Å². The van der Waals surface area contributed by atoms with Crippen LogP contribution in [0.1, 0.15) is 17.9 Å². The number of hydrogen-bond donors (Lipinski definition) is 2. The summed E-state index contributed by atoms with van der Waals surface area (Å²) in [4.78, 5) is 10.6. The fraction of sp³-hybridized carbons (Fsp3) is 0.500. The average molecular weight is 237 g/mol. The van der Waals surface area contributed by atoms with E-state index in [1.165, 1.54) is 0 Å². The van der Waals surface area contributed by atoms with Crippen LogP contribution in [0.2, 0.25) is 0 Å². The summed E-state index contributed by atoms with van der Waals surface area (Å²) in [6, 6.07) is 8.06. The van der Waals surface area contributed by atoms with Gasteiger partial charge >= 0.3 is 0 Å². The van der Waals surface area contributed by atoms with Crippen molar-refractivity contribution in [3.8, 4) is 0 Å². The Morgan fingerprint density at radius 1 is 1.35 bits per heavy atom. The molecule has 92 valence electrons. The van der Waals surface area contributed by atoms with E-state index in [-0.39, 0.29) is 18.9 Å². The van der Waals surface area contributed by atoms with Crippen LogP contribution in [0, 0.1) is 16.0 Å². The second kappa shape index (κ2) is 4.81. The average Bonchev–Trinajstić information content (AvgIpc) is 2.67. The third-order valence-corrected chi connectivity index (χ3v) is 3.48. The summed E-state index contributed by atoms with van der Waals surface area (Å²) in [5.41, 5.74) is 0.810. The van der Waals surface area contributed by atoms with E-state index < -0.39 is 23.0 Å². The number of rotatable bonds is 3. The molecule has 1 aromatic carbocycles. The van der Waals surface area contributed by atoms with Gasteiger partial charge in [0.15, 0.2) is 0 Å². The predicted octanol–water partition coefficient (Wildman–Crippen LogP) is 0.789. The molecule has 2 rings (SSSR count). The molecule has 1 fully saturated rings. The van der Waals surface area contributed by atoms with Crippen LogP contribution in [0.5, 0.6) is 0 Å². The Labute approximate surface area is 98.9 Å². The molecule has 0 radical (unpaired) electrons. The van der Waals surface area contributed by atoms with Gasteiger partial charge in [0.2, 0.25) is 6.04 Å². The zero-order chi connectivity index (χ0) is 12.4. The van der Waals surface area contributed by atoms with Crippen LogP contribution < -0.4 is 0 Å². The SMILES string of the molecule is O=[N+]([O-])C1C(O)C[C@@H](CO)[C@H]1c1ccccc1. The lowest BCUT2D eigenvalue weighted by atomic mass is 9.87. The number of nitrogens with zero attached hydrogens (tertiary/aromatic N) is 1. The van der Waals surface area contributed by atoms with Crippen LogP contribution in [0.3, 0.4) is 0 Å². The zero-order valence-corrected chi connectivity index (χ0v) is 9.27. The standard InChI is InChI=1S/C12H15NO4/c14-7-9-6-10(15)12(13(16)17)11(9)8-4-2-1-3-5-8/h1-5,9-12,14-15H,6-7H2/t9-,10?,11+,12?/m0/s1. The van der Waals surface area contributed by atoms with E-state index in [2.05, 4.69) is 0 Å². The maximum Gasteiger partial charge on any atom is 0.245 e. The predicted molar refractivity (Wildman–Crippen MR) is 61.2 cm³/mol. The number of aliphatic hydroxyl groups excluding tert-OH is 2. The Hall–Kier alpha value is -1.46. The van der Waals surface area contributed by atoms with Gasteiger partial charge in [-0.1, -0.05) is 30.3 Å². The number of benzene rings is 1. The van der Waals surface area contributed by atoms with Crippen molar-refractivity contribution in [3.63, 3.8) is 0 Å². The Kier molecular flexibility index (Phi) is 3.40. The van der Waals surface area contributed by atoms with E-state index >= 15 is 0 Å². The Morgan fingerprint density at radius 2 is 2.00 bits per heavy atom. The Bertz CT molecular complexity index is 395. The smallest absolute Gasteiger partial charge is 0.245 e. The monoisotopic (exact) mass is 237 g/mol. The van der Waals surface area contributed by atoms with Crippen molar-refractivity contribution in [2.45, 2.75) is 24.5 Å². The van der Waals surface area contributed by atoms with Crippen molar-refractivity contribution in [1.29, 1.82) is 0 Å². The maximum atomic E-state index is 11.0. The molecule has 0 amide bonds. The molecule has 0 spiro atoms. The quantitative estimate of drug-likeness (QED) is 0.601. The fourth-order valence-electron chi connectivity index (χ4n) is 2.72. The highest BCUT2D eigenvalue weighted by molar-refractivity contribution is 5.24. The van der Waals surface area contributed by atoms with Gasteiger partial charge in [0.25, 0.3) is 0 Å². The molecule has 1 aromatic rings. The largest absolute Gasteiger partial charge is 0.396 e. The van der Waals surface area contributed by atoms with Gasteiger partial charge in [-0.2, -0.15) is 0 Å². The second-order valence-electron chi connectivity index (χ2n) is 4.46. The van der Waals surface area contributed by atoms with Gasteiger partial charge in [0.1, 0.15) is 6.10 Å². The molecule has 2 N–H and O–H groups in total. The topological polar surface area (TPSA) is 83.6 Å². The van der Waals surface area contributed by atoms with Gasteiger partial charge in [0.05, 0.1) is 5.92 Å². The molecule has 17 heavy (non-hydrogen) atoms. The molecule has 1 saturated carbocycles. The van der Waals surface area contributed by atoms with Crippen molar-refractivity contribution in [2.75, 3.05) is 6.61 Å². The molecule has 0 aromatic heterocycles. The van der Waals surface area contributed by atoms with Crippen LogP contribution in [-0.2, 0) is 0 Å². The summed E-state index contributed by atoms with van der Waals surface area (Å²) in [5.74, 6) is -0.658. The lowest BCUT2D eigenvalue weighted by molar-refractivity contribution is -0.534. The van der Waals surface area contributed by atoms with Gasteiger partial charge in [-0.15, -0.1) is 0 Å². The van der Waals surface area contributed by atoms with Gasteiger partial charge in [0, 0.05) is 11.5 Å². The lowest BCUT2D eigenvalue weighted by Gasteiger charge is -2.19. The van der Waals surface area contributed by atoms with Crippen LogP contribution in [-0.4, -0.2) is 33.9 Å². The van der Waals surface area contributed by atoms with Crippen LogP contribution in [0.25, 0.3) is 0 Å². The summed E-state index contributed by atoms with van der Waals surface area (Å²) in [6.07, 6.45) is -0.700. The summed E-state index contributed by atoms with van der Waals surface area (Å²) >= 11 is 0. The minimum Gasteiger partial charge on any atom is -0.396 e. The normalized spacial score (nSPS) is 32.6. The van der Waals surface area contributed by atoms with E-state index in [4.69, 9.17) is 0 Å². The van der Waals surface area contributed by atoms with E-state index in [1.807, 2.05) is 30.3 Å². The molecule has 1 aliphatic rings. The number of hydrogen-bond acceptors (Lipinski definition) is 4. The molecule has 5 nitrogen and oxygen atoms in total. The second-order valence-corrected chi connectivity index (χ2v) is 4.46. The van der Waals surface area contributed by atoms with E-state index in [0.717, 1.165) is 5.56 Å². The van der Waals surface area contributed by atoms with Crippen molar-refractivity contribution in [3.05, 3.63) is 46.0 Å². The highest BCUT2D eigenvalue weighted by Gasteiger charge is 2.50. The van der Waals surface area contributed by atoms with Crippen LogP contribution in [0.4, 0.5) is 0 Å². The number of aliphatic hydroxyl groups is 2. The summed E-state index contributed by atoms with van der Waals surface area (Å²) in [7, 11) is 0. The van der Waals surface area contributed by atoms with Crippen molar-refractivity contribution in [2.24, 2.45) is 5.92 Å². The third kappa shape index (κ3) is 2.16. The van der Waals surface area contributed by atoms with Gasteiger partial charge in [-0.25, -0.2) is 0 Å². The molecule has 0 aliphatic heterocycles. The number of nitro groups is 1. The molecule has 4 atom stereocenters. The van der Waals surface area contributed by atoms with Gasteiger partial charge in [-0.05, 0) is 17.9 Å². The lowest BCUT2D eigenvalue weighted by Crippen LogP contribution is -2.33. The summed E-state index contributed by atoms with van der Waals surface area (Å²) < 4.78 is 0. The first kappa shape index (κ1) is 12.0. The molecule has 5 heteroatoms. The van der Waals surface area contributed by atoms with Crippen molar-refractivity contribution >= 4 is 0 Å². The fourth-order valence-corrected chi connectivity index (χ4v) is 2.72. The molecular formula is C12H15NO4. The van der Waals surface area contributed by atoms with E-state index in [0.29, 0.717) is 0 Å². The van der Waals surface area contributed by atoms with Crippen LogP contribution >= 0.6 is 0 Å². The van der Waals surface area contributed by atoms with E-state index in [1.54, 1.807) is 0 Å². The first-order chi connectivity index (χ1) is 8.15. The molecule has 1 aliphatic carbocycles.